The van der Waals surface area contributed by atoms with Gasteiger partial charge in [0.05, 0.1) is 18.7 Å². The maximum atomic E-state index is 12.8. The summed E-state index contributed by atoms with van der Waals surface area (Å²) in [5, 5.41) is 8.53. The molecule has 1 saturated heterocycles. The Hall–Kier alpha value is -3.13. The van der Waals surface area contributed by atoms with E-state index in [4.69, 9.17) is 4.74 Å². The molecule has 2 fully saturated rings. The maximum absolute atomic E-state index is 12.8. The van der Waals surface area contributed by atoms with Crippen LogP contribution in [0.1, 0.15) is 28.8 Å². The number of carbonyl (C=O) groups is 1. The molecule has 2 N–H and O–H groups in total. The second kappa shape index (κ2) is 7.60. The molecular formula is C22H25N5O3. The minimum Gasteiger partial charge on any atom is -0.378 e. The van der Waals surface area contributed by atoms with E-state index in [2.05, 4.69) is 15.4 Å². The highest BCUT2D eigenvalue weighted by molar-refractivity contribution is 5.96. The molecule has 1 aromatic carbocycles. The molecule has 1 aliphatic carbocycles. The molecule has 0 radical (unpaired) electrons. The number of nitrogens with zero attached hydrogens (tertiary/aromatic N) is 3. The minimum absolute atomic E-state index is 0.0259. The Kier molecular flexibility index (Phi) is 4.78. The van der Waals surface area contributed by atoms with E-state index >= 15 is 0 Å². The Morgan fingerprint density at radius 2 is 2.07 bits per heavy atom. The molecule has 3 heterocycles. The second-order valence-electron chi connectivity index (χ2n) is 8.10. The van der Waals surface area contributed by atoms with Gasteiger partial charge >= 0.3 is 0 Å². The van der Waals surface area contributed by atoms with Crippen molar-refractivity contribution in [1.82, 2.24) is 19.7 Å². The van der Waals surface area contributed by atoms with E-state index < -0.39 is 0 Å². The Balaban J connectivity index is 1.43. The number of H-pyrrole nitrogens is 1. The van der Waals surface area contributed by atoms with Gasteiger partial charge in [-0.05, 0) is 55.5 Å². The summed E-state index contributed by atoms with van der Waals surface area (Å²) in [7, 11) is 0. The fourth-order valence-electron chi connectivity index (χ4n) is 3.96. The Morgan fingerprint density at radius 3 is 2.80 bits per heavy atom. The Morgan fingerprint density at radius 1 is 1.27 bits per heavy atom. The fraction of sp³-hybridized carbons (Fsp3) is 0.409. The summed E-state index contributed by atoms with van der Waals surface area (Å²) in [5.74, 6) is 1.21. The monoisotopic (exact) mass is 407 g/mol. The molecule has 0 bridgehead atoms. The molecule has 8 nitrogen and oxygen atoms in total. The number of aromatic nitrogens is 3. The van der Waals surface area contributed by atoms with E-state index in [1.165, 1.54) is 12.8 Å². The highest BCUT2D eigenvalue weighted by atomic mass is 16.5. The smallest absolute Gasteiger partial charge is 0.261 e. The molecule has 0 spiro atoms. The fourth-order valence-corrected chi connectivity index (χ4v) is 3.96. The number of aryl methyl sites for hydroxylation is 1. The van der Waals surface area contributed by atoms with Crippen molar-refractivity contribution in [1.29, 1.82) is 0 Å². The van der Waals surface area contributed by atoms with Gasteiger partial charge in [-0.1, -0.05) is 0 Å². The van der Waals surface area contributed by atoms with E-state index in [-0.39, 0.29) is 11.5 Å². The third-order valence-corrected chi connectivity index (χ3v) is 5.82. The zero-order valence-corrected chi connectivity index (χ0v) is 17.0. The van der Waals surface area contributed by atoms with E-state index in [9.17, 15) is 9.59 Å². The number of pyridine rings is 1. The maximum Gasteiger partial charge on any atom is 0.261 e. The molecule has 5 rings (SSSR count). The largest absolute Gasteiger partial charge is 0.378 e. The zero-order valence-electron chi connectivity index (χ0n) is 17.0. The predicted molar refractivity (Wildman–Crippen MR) is 114 cm³/mol. The van der Waals surface area contributed by atoms with Crippen molar-refractivity contribution in [2.75, 3.05) is 31.6 Å². The first-order valence-corrected chi connectivity index (χ1v) is 10.4. The molecular weight excluding hydrogens is 382 g/mol. The van der Waals surface area contributed by atoms with Gasteiger partial charge in [0, 0.05) is 37.1 Å². The standard InChI is InChI=1S/C22H25N5O3/c1-14-12-16(4-5-17(14)22(29)26-8-10-30-11-9-26)24-20-19-18(6-7-23-21(19)28)27(25-20)13-15-2-3-15/h4-7,12,15H,2-3,8-11,13H2,1H3,(H,23,28)(H,24,25). The first-order valence-electron chi connectivity index (χ1n) is 10.4. The lowest BCUT2D eigenvalue weighted by atomic mass is 10.1. The van der Waals surface area contributed by atoms with Gasteiger partial charge in [0.25, 0.3) is 11.5 Å². The van der Waals surface area contributed by atoms with Crippen LogP contribution in [0.25, 0.3) is 10.9 Å². The summed E-state index contributed by atoms with van der Waals surface area (Å²) in [6.45, 7) is 5.14. The van der Waals surface area contributed by atoms with Gasteiger partial charge in [-0.2, -0.15) is 5.10 Å². The summed E-state index contributed by atoms with van der Waals surface area (Å²) in [6.07, 6.45) is 4.09. The second-order valence-corrected chi connectivity index (χ2v) is 8.10. The van der Waals surface area contributed by atoms with Crippen LogP contribution < -0.4 is 10.9 Å². The lowest BCUT2D eigenvalue weighted by Gasteiger charge is -2.27. The third-order valence-electron chi connectivity index (χ3n) is 5.82. The SMILES string of the molecule is Cc1cc(Nc2nn(CC3CC3)c3cc[nH]c(=O)c23)ccc1C(=O)N1CCOCC1. The molecule has 156 valence electrons. The van der Waals surface area contributed by atoms with Gasteiger partial charge < -0.3 is 19.9 Å². The van der Waals surface area contributed by atoms with Crippen LogP contribution in [0.3, 0.4) is 0 Å². The highest BCUT2D eigenvalue weighted by Gasteiger charge is 2.25. The zero-order chi connectivity index (χ0) is 20.7. The minimum atomic E-state index is -0.159. The van der Waals surface area contributed by atoms with Crippen molar-refractivity contribution < 1.29 is 9.53 Å². The molecule has 2 aliphatic rings. The number of benzene rings is 1. The number of ether oxygens (including phenoxy) is 1. The van der Waals surface area contributed by atoms with E-state index in [0.29, 0.717) is 49.0 Å². The molecule has 1 saturated carbocycles. The highest BCUT2D eigenvalue weighted by Crippen LogP contribution is 2.32. The lowest BCUT2D eigenvalue weighted by molar-refractivity contribution is 0.0302. The van der Waals surface area contributed by atoms with Gasteiger partial charge in [-0.25, -0.2) is 0 Å². The number of nitrogens with one attached hydrogen (secondary N) is 2. The molecule has 1 aliphatic heterocycles. The quantitative estimate of drug-likeness (QED) is 0.678. The summed E-state index contributed by atoms with van der Waals surface area (Å²) in [5.41, 5.74) is 3.04. The number of fused-ring (bicyclic) bond motifs is 1. The molecule has 0 atom stereocenters. The van der Waals surface area contributed by atoms with Gasteiger partial charge in [0.2, 0.25) is 0 Å². The van der Waals surface area contributed by atoms with Crippen molar-refractivity contribution in [3.05, 3.63) is 51.9 Å². The number of aromatic amines is 1. The topological polar surface area (TPSA) is 92.2 Å². The summed E-state index contributed by atoms with van der Waals surface area (Å²) in [6, 6.07) is 7.52. The first kappa shape index (κ1) is 18.9. The molecule has 0 unspecified atom stereocenters. The number of hydrogen-bond acceptors (Lipinski definition) is 5. The van der Waals surface area contributed by atoms with Crippen molar-refractivity contribution in [2.24, 2.45) is 5.92 Å². The van der Waals surface area contributed by atoms with Crippen LogP contribution in [-0.4, -0.2) is 51.9 Å². The summed E-state index contributed by atoms with van der Waals surface area (Å²) >= 11 is 0. The average Bonchev–Trinajstić information content (AvgIpc) is 3.50. The number of hydrogen-bond donors (Lipinski definition) is 2. The number of morpholine rings is 1. The van der Waals surface area contributed by atoms with Crippen molar-refractivity contribution in [3.8, 4) is 0 Å². The average molecular weight is 407 g/mol. The van der Waals surface area contributed by atoms with Crippen molar-refractivity contribution >= 4 is 28.3 Å². The Labute approximate surface area is 173 Å². The van der Waals surface area contributed by atoms with Crippen LogP contribution in [0.15, 0.2) is 35.3 Å². The Bertz CT molecular complexity index is 1160. The first-order chi connectivity index (χ1) is 14.6. The van der Waals surface area contributed by atoms with Crippen molar-refractivity contribution in [3.63, 3.8) is 0 Å². The lowest BCUT2D eigenvalue weighted by Crippen LogP contribution is -2.40. The molecule has 3 aromatic rings. The third kappa shape index (κ3) is 3.59. The summed E-state index contributed by atoms with van der Waals surface area (Å²) < 4.78 is 7.26. The van der Waals surface area contributed by atoms with Crippen LogP contribution in [0.5, 0.6) is 0 Å². The van der Waals surface area contributed by atoms with E-state index in [0.717, 1.165) is 23.3 Å². The number of carbonyl (C=O) groups excluding carboxylic acids is 1. The van der Waals surface area contributed by atoms with Gasteiger partial charge in [-0.3, -0.25) is 14.3 Å². The predicted octanol–water partition coefficient (Wildman–Crippen LogP) is 2.66. The molecule has 2 aromatic heterocycles. The van der Waals surface area contributed by atoms with E-state index in [1.807, 2.05) is 40.8 Å². The van der Waals surface area contributed by atoms with Gasteiger partial charge in [0.1, 0.15) is 5.39 Å². The van der Waals surface area contributed by atoms with Crippen LogP contribution in [0.2, 0.25) is 0 Å². The summed E-state index contributed by atoms with van der Waals surface area (Å²) in [4.78, 5) is 29.9. The number of anilines is 2. The number of amides is 1. The van der Waals surface area contributed by atoms with E-state index in [1.54, 1.807) is 6.20 Å². The van der Waals surface area contributed by atoms with Crippen molar-refractivity contribution in [2.45, 2.75) is 26.3 Å². The van der Waals surface area contributed by atoms with Crippen LogP contribution >= 0.6 is 0 Å². The molecule has 8 heteroatoms. The van der Waals surface area contributed by atoms with Gasteiger partial charge in [-0.15, -0.1) is 0 Å². The van der Waals surface area contributed by atoms with Crippen LogP contribution in [0, 0.1) is 12.8 Å². The number of rotatable bonds is 5. The van der Waals surface area contributed by atoms with Crippen LogP contribution in [-0.2, 0) is 11.3 Å². The van der Waals surface area contributed by atoms with Gasteiger partial charge in [0.15, 0.2) is 5.82 Å². The normalized spacial score (nSPS) is 16.8. The molecule has 30 heavy (non-hydrogen) atoms. The molecule has 1 amide bonds. The van der Waals surface area contributed by atoms with Crippen LogP contribution in [0.4, 0.5) is 11.5 Å².